The molecule has 196 valence electrons. The lowest BCUT2D eigenvalue weighted by Crippen LogP contribution is -2.36. The van der Waals surface area contributed by atoms with Gasteiger partial charge in [-0.2, -0.15) is 11.8 Å². The van der Waals surface area contributed by atoms with Crippen LogP contribution in [0.1, 0.15) is 38.5 Å². The first kappa shape index (κ1) is 27.4. The van der Waals surface area contributed by atoms with Crippen LogP contribution in [0.25, 0.3) is 10.4 Å². The average molecular weight is 520 g/mol. The maximum Gasteiger partial charge on any atom is 0.315 e. The molecule has 3 rings (SSSR count). The van der Waals surface area contributed by atoms with Gasteiger partial charge in [0.15, 0.2) is 0 Å². The predicted octanol–water partition coefficient (Wildman–Crippen LogP) is 3.16. The molecule has 0 radical (unpaired) electrons. The highest BCUT2D eigenvalue weighted by Crippen LogP contribution is 2.33. The van der Waals surface area contributed by atoms with Gasteiger partial charge in [0.1, 0.15) is 5.69 Å². The standard InChI is InChI=1S/C22H33N9O4S/c23-30-29-15-7-8-16(18(13-15)31(34)35)25-11-3-9-24-10-4-12-26-20(32)6-2-1-5-19-21-17(14-36-19)27-22(33)28-21/h7-8,13,17,19,21,24-25H,1-6,9-12,14H2,(H,26,32)(H2,27,28,33)/t17-,19-,21-/m0/s1. The van der Waals surface area contributed by atoms with Gasteiger partial charge in [0.2, 0.25) is 5.91 Å². The number of anilines is 1. The van der Waals surface area contributed by atoms with Crippen LogP contribution in [-0.4, -0.2) is 66.1 Å². The SMILES string of the molecule is [N-]=[N+]=Nc1ccc(NCCCNCCCNC(=O)CCCC[C@@H]2SC[C@@H]3NC(=O)N[C@@H]32)c([N+](=O)[O-])c1. The molecule has 0 spiro atoms. The predicted molar refractivity (Wildman–Crippen MR) is 139 cm³/mol. The zero-order chi connectivity index (χ0) is 25.8. The van der Waals surface area contributed by atoms with Crippen molar-refractivity contribution in [2.75, 3.05) is 37.2 Å². The number of hydrogen-bond donors (Lipinski definition) is 5. The molecule has 0 aromatic heterocycles. The van der Waals surface area contributed by atoms with Crippen LogP contribution < -0.4 is 26.6 Å². The Labute approximate surface area is 213 Å². The zero-order valence-electron chi connectivity index (χ0n) is 20.1. The number of unbranched alkanes of at least 4 members (excludes halogenated alkanes) is 1. The fraction of sp³-hybridized carbons (Fsp3) is 0.636. The number of carbonyl (C=O) groups excluding carboxylic acids is 2. The molecule has 2 aliphatic rings. The molecule has 0 saturated carbocycles. The van der Waals surface area contributed by atoms with E-state index in [1.165, 1.54) is 18.2 Å². The first-order valence-corrected chi connectivity index (χ1v) is 13.3. The van der Waals surface area contributed by atoms with Gasteiger partial charge < -0.3 is 26.6 Å². The number of nitro groups is 1. The van der Waals surface area contributed by atoms with E-state index in [1.807, 2.05) is 11.8 Å². The summed E-state index contributed by atoms with van der Waals surface area (Å²) in [6.07, 6.45) is 4.93. The van der Waals surface area contributed by atoms with Crippen LogP contribution in [0.4, 0.5) is 21.9 Å². The number of fused-ring (bicyclic) bond motifs is 1. The fourth-order valence-electron chi connectivity index (χ4n) is 4.30. The molecular weight excluding hydrogens is 486 g/mol. The van der Waals surface area contributed by atoms with Gasteiger partial charge in [-0.05, 0) is 50.4 Å². The van der Waals surface area contributed by atoms with E-state index in [2.05, 4.69) is 36.6 Å². The fourth-order valence-corrected chi connectivity index (χ4v) is 5.84. The number of thioether (sulfide) groups is 1. The highest BCUT2D eigenvalue weighted by molar-refractivity contribution is 8.00. The second-order valence-corrected chi connectivity index (χ2v) is 10.0. The van der Waals surface area contributed by atoms with Crippen LogP contribution in [0.5, 0.6) is 0 Å². The molecule has 36 heavy (non-hydrogen) atoms. The Bertz CT molecular complexity index is 973. The van der Waals surface area contributed by atoms with E-state index in [0.717, 1.165) is 50.9 Å². The maximum absolute atomic E-state index is 12.0. The quantitative estimate of drug-likeness (QED) is 0.0422. The van der Waals surface area contributed by atoms with Crippen molar-refractivity contribution in [1.29, 1.82) is 0 Å². The number of azide groups is 1. The highest BCUT2D eigenvalue weighted by atomic mass is 32.2. The van der Waals surface area contributed by atoms with Gasteiger partial charge in [0.05, 0.1) is 17.0 Å². The van der Waals surface area contributed by atoms with Crippen molar-refractivity contribution in [3.63, 3.8) is 0 Å². The van der Waals surface area contributed by atoms with E-state index >= 15 is 0 Å². The molecule has 13 nitrogen and oxygen atoms in total. The largest absolute Gasteiger partial charge is 0.379 e. The van der Waals surface area contributed by atoms with E-state index in [0.29, 0.717) is 30.4 Å². The number of urea groups is 1. The maximum atomic E-state index is 12.0. The number of amides is 3. The lowest BCUT2D eigenvalue weighted by Gasteiger charge is -2.16. The Balaban J connectivity index is 1.16. The second kappa shape index (κ2) is 14.4. The summed E-state index contributed by atoms with van der Waals surface area (Å²) in [7, 11) is 0. The molecule has 2 fully saturated rings. The van der Waals surface area contributed by atoms with Gasteiger partial charge in [-0.1, -0.05) is 17.6 Å². The first-order valence-electron chi connectivity index (χ1n) is 12.2. The number of nitro benzene ring substituents is 1. The highest BCUT2D eigenvalue weighted by Gasteiger charge is 2.42. The molecule has 3 amide bonds. The Morgan fingerprint density at radius 2 is 2.00 bits per heavy atom. The molecule has 3 atom stereocenters. The third-order valence-electron chi connectivity index (χ3n) is 6.12. The molecule has 0 aliphatic carbocycles. The van der Waals surface area contributed by atoms with Crippen LogP contribution >= 0.6 is 11.8 Å². The Morgan fingerprint density at radius 3 is 2.78 bits per heavy atom. The van der Waals surface area contributed by atoms with Crippen molar-refractivity contribution in [3.05, 3.63) is 38.8 Å². The molecule has 5 N–H and O–H groups in total. The minimum Gasteiger partial charge on any atom is -0.379 e. The monoisotopic (exact) mass is 519 g/mol. The lowest BCUT2D eigenvalue weighted by atomic mass is 10.0. The summed E-state index contributed by atoms with van der Waals surface area (Å²) < 4.78 is 0. The second-order valence-electron chi connectivity index (χ2n) is 8.75. The average Bonchev–Trinajstić information content (AvgIpc) is 3.40. The van der Waals surface area contributed by atoms with E-state index in [4.69, 9.17) is 5.53 Å². The Hall–Kier alpha value is -3.22. The van der Waals surface area contributed by atoms with Crippen LogP contribution in [-0.2, 0) is 4.79 Å². The molecule has 1 aromatic rings. The Morgan fingerprint density at radius 1 is 1.19 bits per heavy atom. The number of benzene rings is 1. The van der Waals surface area contributed by atoms with Gasteiger partial charge in [-0.3, -0.25) is 14.9 Å². The summed E-state index contributed by atoms with van der Waals surface area (Å²) in [5.41, 5.74) is 8.91. The number of nitrogens with one attached hydrogen (secondary N) is 5. The van der Waals surface area contributed by atoms with Crippen LogP contribution in [0.2, 0.25) is 0 Å². The van der Waals surface area contributed by atoms with Crippen molar-refractivity contribution >= 4 is 40.8 Å². The smallest absolute Gasteiger partial charge is 0.315 e. The van der Waals surface area contributed by atoms with Gasteiger partial charge in [0.25, 0.3) is 5.69 Å². The zero-order valence-corrected chi connectivity index (χ0v) is 20.9. The molecule has 2 saturated heterocycles. The Kier molecular flexibility index (Phi) is 10.9. The lowest BCUT2D eigenvalue weighted by molar-refractivity contribution is -0.383. The van der Waals surface area contributed by atoms with Gasteiger partial charge >= 0.3 is 6.03 Å². The van der Waals surface area contributed by atoms with E-state index in [1.54, 1.807) is 0 Å². The number of hydrogen-bond acceptors (Lipinski definition) is 8. The third-order valence-corrected chi connectivity index (χ3v) is 7.63. The van der Waals surface area contributed by atoms with Crippen molar-refractivity contribution in [2.24, 2.45) is 5.11 Å². The van der Waals surface area contributed by atoms with Crippen LogP contribution in [0.15, 0.2) is 23.3 Å². The number of carbonyl (C=O) groups is 2. The number of nitrogens with zero attached hydrogens (tertiary/aromatic N) is 4. The van der Waals surface area contributed by atoms with E-state index < -0.39 is 4.92 Å². The summed E-state index contributed by atoms with van der Waals surface area (Å²) in [6, 6.07) is 4.70. The van der Waals surface area contributed by atoms with Crippen molar-refractivity contribution in [3.8, 4) is 0 Å². The first-order chi connectivity index (χ1) is 17.5. The molecule has 14 heteroatoms. The third kappa shape index (κ3) is 8.47. The van der Waals surface area contributed by atoms with E-state index in [9.17, 15) is 19.7 Å². The van der Waals surface area contributed by atoms with Crippen molar-refractivity contribution in [2.45, 2.75) is 55.9 Å². The molecule has 0 unspecified atom stereocenters. The molecule has 1 aromatic carbocycles. The minimum atomic E-state index is -0.511. The van der Waals surface area contributed by atoms with E-state index in [-0.39, 0.29) is 35.4 Å². The molecular formula is C22H33N9O4S. The van der Waals surface area contributed by atoms with Crippen LogP contribution in [0.3, 0.4) is 0 Å². The van der Waals surface area contributed by atoms with Crippen molar-refractivity contribution in [1.82, 2.24) is 21.3 Å². The van der Waals surface area contributed by atoms with Crippen molar-refractivity contribution < 1.29 is 14.5 Å². The summed E-state index contributed by atoms with van der Waals surface area (Å²) >= 11 is 1.89. The van der Waals surface area contributed by atoms with Gasteiger partial charge in [-0.25, -0.2) is 4.79 Å². The molecule has 2 aliphatic heterocycles. The summed E-state index contributed by atoms with van der Waals surface area (Å²) in [6.45, 7) is 2.67. The van der Waals surface area contributed by atoms with Gasteiger partial charge in [-0.15, -0.1) is 0 Å². The summed E-state index contributed by atoms with van der Waals surface area (Å²) in [5.74, 6) is 1.02. The normalized spacial score (nSPS) is 20.1. The summed E-state index contributed by atoms with van der Waals surface area (Å²) in [4.78, 5) is 36.8. The van der Waals surface area contributed by atoms with Crippen LogP contribution in [0, 0.1) is 10.1 Å². The number of rotatable bonds is 16. The minimum absolute atomic E-state index is 0.0673. The summed E-state index contributed by atoms with van der Waals surface area (Å²) in [5, 5.41) is 30.2. The molecule has 2 heterocycles. The molecule has 0 bridgehead atoms. The topological polar surface area (TPSA) is 186 Å². The van der Waals surface area contributed by atoms with Gasteiger partial charge in [0, 0.05) is 47.2 Å².